The molecule has 1 unspecified atom stereocenters. The second kappa shape index (κ2) is 6.78. The first-order valence-electron chi connectivity index (χ1n) is 9.68. The molecular weight excluding hydrogens is 358 g/mol. The zero-order chi connectivity index (χ0) is 19.1. The Labute approximate surface area is 161 Å². The van der Waals surface area contributed by atoms with Gasteiger partial charge in [0.1, 0.15) is 11.6 Å². The molecule has 5 rings (SSSR count). The number of carbonyl (C=O) groups excluding carboxylic acids is 1. The number of H-pyrrole nitrogens is 1. The molecule has 8 nitrogen and oxygen atoms in total. The Hall–Kier alpha value is -3.16. The number of rotatable bonds is 4. The van der Waals surface area contributed by atoms with Gasteiger partial charge in [0, 0.05) is 24.9 Å². The van der Waals surface area contributed by atoms with Crippen molar-refractivity contribution in [3.8, 4) is 5.69 Å². The van der Waals surface area contributed by atoms with Gasteiger partial charge in [-0.25, -0.2) is 19.4 Å². The van der Waals surface area contributed by atoms with Gasteiger partial charge in [-0.05, 0) is 37.8 Å². The van der Waals surface area contributed by atoms with Gasteiger partial charge in [-0.2, -0.15) is 5.10 Å². The molecule has 0 spiro atoms. The number of hydrogen-bond donors (Lipinski definition) is 1. The molecule has 2 aliphatic rings. The second-order valence-corrected chi connectivity index (χ2v) is 7.49. The number of aromatic amines is 1. The molecule has 1 aliphatic heterocycles. The van der Waals surface area contributed by atoms with Gasteiger partial charge >= 0.3 is 5.69 Å². The van der Waals surface area contributed by atoms with Gasteiger partial charge < -0.3 is 9.32 Å². The standard InChI is InChI=1S/C20H21N5O3/c26-19(16-17(13-8-9-13)28-12-21-16)24-10-4-5-14(11-24)18-22-23-20(27)25(18)15-6-2-1-3-7-15/h1-3,6-7,12-14H,4-5,8-11H2,(H,23,27). The van der Waals surface area contributed by atoms with Crippen LogP contribution in [0.5, 0.6) is 0 Å². The van der Waals surface area contributed by atoms with Gasteiger partial charge in [0.15, 0.2) is 12.1 Å². The summed E-state index contributed by atoms with van der Waals surface area (Å²) >= 11 is 0. The predicted molar refractivity (Wildman–Crippen MR) is 101 cm³/mol. The zero-order valence-electron chi connectivity index (χ0n) is 15.4. The molecule has 2 aromatic heterocycles. The summed E-state index contributed by atoms with van der Waals surface area (Å²) in [6, 6.07) is 9.44. The average molecular weight is 379 g/mol. The molecule has 3 aromatic rings. The van der Waals surface area contributed by atoms with Crippen LogP contribution in [0.1, 0.15) is 59.6 Å². The Morgan fingerprint density at radius 1 is 1.14 bits per heavy atom. The van der Waals surface area contributed by atoms with Crippen LogP contribution in [0, 0.1) is 0 Å². The number of benzene rings is 1. The van der Waals surface area contributed by atoms with Crippen molar-refractivity contribution in [3.63, 3.8) is 0 Å². The monoisotopic (exact) mass is 379 g/mol. The van der Waals surface area contributed by atoms with E-state index in [1.807, 2.05) is 35.2 Å². The lowest BCUT2D eigenvalue weighted by molar-refractivity contribution is 0.0696. The number of likely N-dealkylation sites (tertiary alicyclic amines) is 1. The van der Waals surface area contributed by atoms with E-state index in [1.165, 1.54) is 6.39 Å². The van der Waals surface area contributed by atoms with Crippen LogP contribution in [0.25, 0.3) is 5.69 Å². The summed E-state index contributed by atoms with van der Waals surface area (Å²) in [4.78, 5) is 31.4. The summed E-state index contributed by atoms with van der Waals surface area (Å²) in [6.45, 7) is 1.18. The predicted octanol–water partition coefficient (Wildman–Crippen LogP) is 2.45. The largest absolute Gasteiger partial charge is 0.447 e. The Balaban J connectivity index is 1.42. The number of nitrogens with one attached hydrogen (secondary N) is 1. The maximum Gasteiger partial charge on any atom is 0.347 e. The fourth-order valence-electron chi connectivity index (χ4n) is 3.98. The van der Waals surface area contributed by atoms with Crippen LogP contribution < -0.4 is 5.69 Å². The summed E-state index contributed by atoms with van der Waals surface area (Å²) in [7, 11) is 0. The van der Waals surface area contributed by atoms with E-state index in [-0.39, 0.29) is 17.5 Å². The normalized spacial score (nSPS) is 19.7. The summed E-state index contributed by atoms with van der Waals surface area (Å²) < 4.78 is 7.07. The Morgan fingerprint density at radius 2 is 1.96 bits per heavy atom. The number of piperidine rings is 1. The number of hydrogen-bond acceptors (Lipinski definition) is 5. The number of oxazole rings is 1. The quantitative estimate of drug-likeness (QED) is 0.751. The Bertz CT molecular complexity index is 1050. The smallest absolute Gasteiger partial charge is 0.347 e. The van der Waals surface area contributed by atoms with Crippen molar-refractivity contribution in [3.05, 3.63) is 64.5 Å². The van der Waals surface area contributed by atoms with Crippen molar-refractivity contribution >= 4 is 5.91 Å². The minimum atomic E-state index is -0.267. The molecule has 0 radical (unpaired) electrons. The molecule has 0 bridgehead atoms. The van der Waals surface area contributed by atoms with Crippen LogP contribution in [0.4, 0.5) is 0 Å². The molecule has 1 saturated carbocycles. The lowest BCUT2D eigenvalue weighted by Crippen LogP contribution is -2.40. The van der Waals surface area contributed by atoms with Crippen LogP contribution in [0.15, 0.2) is 45.9 Å². The summed E-state index contributed by atoms with van der Waals surface area (Å²) in [5, 5.41) is 6.85. The van der Waals surface area contributed by atoms with E-state index in [9.17, 15) is 9.59 Å². The zero-order valence-corrected chi connectivity index (χ0v) is 15.4. The number of amides is 1. The highest BCUT2D eigenvalue weighted by Gasteiger charge is 2.36. The summed E-state index contributed by atoms with van der Waals surface area (Å²) in [6.07, 6.45) is 5.19. The van der Waals surface area contributed by atoms with E-state index in [1.54, 1.807) is 4.57 Å². The van der Waals surface area contributed by atoms with Crippen molar-refractivity contribution in [1.82, 2.24) is 24.6 Å². The highest BCUT2D eigenvalue weighted by Crippen LogP contribution is 2.42. The highest BCUT2D eigenvalue weighted by molar-refractivity contribution is 5.93. The topological polar surface area (TPSA) is 97.0 Å². The Morgan fingerprint density at radius 3 is 2.75 bits per heavy atom. The van der Waals surface area contributed by atoms with Crippen molar-refractivity contribution in [2.75, 3.05) is 13.1 Å². The number of aromatic nitrogens is 4. The molecule has 1 N–H and O–H groups in total. The van der Waals surface area contributed by atoms with Gasteiger partial charge in [0.25, 0.3) is 5.91 Å². The van der Waals surface area contributed by atoms with E-state index in [0.717, 1.165) is 31.4 Å². The highest BCUT2D eigenvalue weighted by atomic mass is 16.3. The molecule has 8 heteroatoms. The van der Waals surface area contributed by atoms with E-state index in [4.69, 9.17) is 4.42 Å². The van der Waals surface area contributed by atoms with E-state index < -0.39 is 0 Å². The van der Waals surface area contributed by atoms with Crippen LogP contribution in [-0.2, 0) is 0 Å². The van der Waals surface area contributed by atoms with Crippen LogP contribution in [0.2, 0.25) is 0 Å². The first-order valence-corrected chi connectivity index (χ1v) is 9.68. The summed E-state index contributed by atoms with van der Waals surface area (Å²) in [5.41, 5.74) is 0.940. The lowest BCUT2D eigenvalue weighted by atomic mass is 9.96. The molecule has 28 heavy (non-hydrogen) atoms. The molecule has 1 aliphatic carbocycles. The maximum absolute atomic E-state index is 13.1. The molecule has 1 atom stereocenters. The third-order valence-corrected chi connectivity index (χ3v) is 5.53. The maximum atomic E-state index is 13.1. The third kappa shape index (κ3) is 2.94. The van der Waals surface area contributed by atoms with Crippen molar-refractivity contribution < 1.29 is 9.21 Å². The van der Waals surface area contributed by atoms with Crippen LogP contribution in [0.3, 0.4) is 0 Å². The fourth-order valence-corrected chi connectivity index (χ4v) is 3.98. The molecule has 1 aromatic carbocycles. The average Bonchev–Trinajstić information content (AvgIpc) is 3.33. The molecule has 1 saturated heterocycles. The van der Waals surface area contributed by atoms with Crippen molar-refractivity contribution in [1.29, 1.82) is 0 Å². The van der Waals surface area contributed by atoms with E-state index >= 15 is 0 Å². The minimum absolute atomic E-state index is 0.0202. The second-order valence-electron chi connectivity index (χ2n) is 7.49. The van der Waals surface area contributed by atoms with Gasteiger partial charge in [0.2, 0.25) is 0 Å². The third-order valence-electron chi connectivity index (χ3n) is 5.53. The van der Waals surface area contributed by atoms with Gasteiger partial charge in [-0.3, -0.25) is 4.79 Å². The minimum Gasteiger partial charge on any atom is -0.447 e. The molecule has 3 heterocycles. The first-order chi connectivity index (χ1) is 13.7. The molecular formula is C20H21N5O3. The lowest BCUT2D eigenvalue weighted by Gasteiger charge is -2.32. The van der Waals surface area contributed by atoms with Crippen LogP contribution >= 0.6 is 0 Å². The van der Waals surface area contributed by atoms with Crippen LogP contribution in [-0.4, -0.2) is 43.6 Å². The SMILES string of the molecule is O=C(c1ncoc1C1CC1)N1CCCC(c2n[nH]c(=O)n2-c2ccccc2)C1. The first kappa shape index (κ1) is 17.0. The molecule has 2 fully saturated rings. The van der Waals surface area contributed by atoms with Gasteiger partial charge in [0.05, 0.1) is 5.69 Å². The Kier molecular flexibility index (Phi) is 4.11. The van der Waals surface area contributed by atoms with Gasteiger partial charge in [-0.1, -0.05) is 18.2 Å². The number of carbonyl (C=O) groups is 1. The van der Waals surface area contributed by atoms with Crippen molar-refractivity contribution in [2.45, 2.75) is 37.5 Å². The number of para-hydroxylation sites is 1. The van der Waals surface area contributed by atoms with E-state index in [0.29, 0.717) is 36.3 Å². The number of nitrogens with zero attached hydrogens (tertiary/aromatic N) is 4. The van der Waals surface area contributed by atoms with Gasteiger partial charge in [-0.15, -0.1) is 0 Å². The van der Waals surface area contributed by atoms with Crippen molar-refractivity contribution in [2.24, 2.45) is 0 Å². The van der Waals surface area contributed by atoms with E-state index in [2.05, 4.69) is 15.2 Å². The fraction of sp³-hybridized carbons (Fsp3) is 0.400. The molecule has 1 amide bonds. The molecule has 144 valence electrons. The summed E-state index contributed by atoms with van der Waals surface area (Å²) in [5.74, 6) is 1.60.